The summed E-state index contributed by atoms with van der Waals surface area (Å²) in [4.78, 5) is 15.0. The topological polar surface area (TPSA) is 49.0 Å². The first-order valence-corrected chi connectivity index (χ1v) is 8.66. The zero-order valence-corrected chi connectivity index (χ0v) is 13.8. The summed E-state index contributed by atoms with van der Waals surface area (Å²) < 4.78 is 0. The Morgan fingerprint density at radius 3 is 2.91 bits per heavy atom. The maximum absolute atomic E-state index is 12.9. The lowest BCUT2D eigenvalue weighted by Gasteiger charge is -2.36. The molecular weight excluding hydrogens is 286 g/mol. The van der Waals surface area contributed by atoms with Gasteiger partial charge in [-0.1, -0.05) is 37.3 Å². The molecule has 1 N–H and O–H groups in total. The van der Waals surface area contributed by atoms with Gasteiger partial charge in [0.25, 0.3) is 5.91 Å². The third kappa shape index (κ3) is 3.63. The molecule has 4 heteroatoms. The average Bonchev–Trinajstić information content (AvgIpc) is 3.09. The third-order valence-corrected chi connectivity index (χ3v) is 4.80. The minimum absolute atomic E-state index is 0.147. The molecule has 1 aliphatic heterocycles. The van der Waals surface area contributed by atoms with Crippen LogP contribution in [-0.2, 0) is 12.8 Å². The van der Waals surface area contributed by atoms with Gasteiger partial charge in [0, 0.05) is 18.3 Å². The Morgan fingerprint density at radius 1 is 1.30 bits per heavy atom. The Labute approximate surface area is 137 Å². The molecule has 0 radical (unpaired) electrons. The molecule has 0 spiro atoms. The van der Waals surface area contributed by atoms with Crippen LogP contribution in [0.3, 0.4) is 0 Å². The smallest absolute Gasteiger partial charge is 0.257 e. The van der Waals surface area contributed by atoms with Crippen LogP contribution in [0.5, 0.6) is 0 Å². The number of hydrogen-bond donors (Lipinski definition) is 1. The van der Waals surface area contributed by atoms with E-state index in [9.17, 15) is 4.79 Å². The van der Waals surface area contributed by atoms with Crippen LogP contribution in [0.1, 0.15) is 54.2 Å². The normalized spacial score (nSPS) is 18.1. The van der Waals surface area contributed by atoms with E-state index in [-0.39, 0.29) is 5.91 Å². The molecule has 1 atom stereocenters. The molecule has 0 saturated carbocycles. The summed E-state index contributed by atoms with van der Waals surface area (Å²) in [5, 5.41) is 7.01. The summed E-state index contributed by atoms with van der Waals surface area (Å²) in [7, 11) is 0. The lowest BCUT2D eigenvalue weighted by Crippen LogP contribution is -2.44. The largest absolute Gasteiger partial charge is 0.336 e. The molecule has 2 aromatic rings. The molecule has 1 amide bonds. The van der Waals surface area contributed by atoms with Crippen molar-refractivity contribution >= 4 is 5.91 Å². The molecule has 1 fully saturated rings. The minimum Gasteiger partial charge on any atom is -0.336 e. The highest BCUT2D eigenvalue weighted by Crippen LogP contribution is 2.24. The number of aromatic amines is 1. The molecule has 0 bridgehead atoms. The average molecular weight is 311 g/mol. The SMILES string of the molecule is CCc1[nH]ncc1C(=O)N1CCCC[C@H]1CCc1ccccc1. The molecular formula is C19H25N3O. The highest BCUT2D eigenvalue weighted by Gasteiger charge is 2.28. The van der Waals surface area contributed by atoms with Crippen molar-refractivity contribution in [2.75, 3.05) is 6.54 Å². The lowest BCUT2D eigenvalue weighted by atomic mass is 9.95. The summed E-state index contributed by atoms with van der Waals surface area (Å²) in [6.07, 6.45) is 7.99. The number of rotatable bonds is 5. The first-order chi connectivity index (χ1) is 11.3. The minimum atomic E-state index is 0.147. The van der Waals surface area contributed by atoms with Crippen molar-refractivity contribution in [3.05, 3.63) is 53.3 Å². The number of carbonyl (C=O) groups is 1. The van der Waals surface area contributed by atoms with E-state index < -0.39 is 0 Å². The van der Waals surface area contributed by atoms with Gasteiger partial charge >= 0.3 is 0 Å². The fourth-order valence-corrected chi connectivity index (χ4v) is 3.47. The Morgan fingerprint density at radius 2 is 2.13 bits per heavy atom. The number of aryl methyl sites for hydroxylation is 2. The maximum Gasteiger partial charge on any atom is 0.257 e. The summed E-state index contributed by atoms with van der Waals surface area (Å²) in [6.45, 7) is 2.92. The number of benzene rings is 1. The van der Waals surface area contributed by atoms with Gasteiger partial charge in [0.1, 0.15) is 0 Å². The quantitative estimate of drug-likeness (QED) is 0.917. The second-order valence-corrected chi connectivity index (χ2v) is 6.29. The molecule has 2 heterocycles. The highest BCUT2D eigenvalue weighted by atomic mass is 16.2. The first kappa shape index (κ1) is 15.8. The molecule has 0 aliphatic carbocycles. The number of hydrogen-bond acceptors (Lipinski definition) is 2. The van der Waals surface area contributed by atoms with Crippen molar-refractivity contribution in [3.8, 4) is 0 Å². The van der Waals surface area contributed by atoms with Crippen LogP contribution in [0.25, 0.3) is 0 Å². The summed E-state index contributed by atoms with van der Waals surface area (Å²) in [6, 6.07) is 10.9. The number of aromatic nitrogens is 2. The van der Waals surface area contributed by atoms with Gasteiger partial charge in [0.2, 0.25) is 0 Å². The van der Waals surface area contributed by atoms with Crippen LogP contribution in [0.2, 0.25) is 0 Å². The van der Waals surface area contributed by atoms with Gasteiger partial charge in [0.15, 0.2) is 0 Å². The Bertz CT molecular complexity index is 635. The number of likely N-dealkylation sites (tertiary alicyclic amines) is 1. The van der Waals surface area contributed by atoms with E-state index in [0.29, 0.717) is 6.04 Å². The third-order valence-electron chi connectivity index (χ3n) is 4.80. The molecule has 1 aromatic heterocycles. The predicted octanol–water partition coefficient (Wildman–Crippen LogP) is 3.60. The van der Waals surface area contributed by atoms with Crippen LogP contribution in [0.4, 0.5) is 0 Å². The van der Waals surface area contributed by atoms with Crippen LogP contribution >= 0.6 is 0 Å². The Hall–Kier alpha value is -2.10. The van der Waals surface area contributed by atoms with Crippen molar-refractivity contribution in [1.82, 2.24) is 15.1 Å². The fraction of sp³-hybridized carbons (Fsp3) is 0.474. The molecule has 1 aromatic carbocycles. The Balaban J connectivity index is 1.70. The Kier molecular flexibility index (Phi) is 5.11. The van der Waals surface area contributed by atoms with E-state index in [0.717, 1.165) is 49.9 Å². The van der Waals surface area contributed by atoms with E-state index in [1.54, 1.807) is 6.20 Å². The standard InChI is InChI=1S/C19H25N3O/c1-2-18-17(14-20-21-18)19(23)22-13-7-6-10-16(22)12-11-15-8-4-3-5-9-15/h3-5,8-9,14,16H,2,6-7,10-13H2,1H3,(H,20,21)/t16-/m0/s1. The number of nitrogens with one attached hydrogen (secondary N) is 1. The van der Waals surface area contributed by atoms with Gasteiger partial charge in [-0.25, -0.2) is 0 Å². The zero-order chi connectivity index (χ0) is 16.1. The molecule has 3 rings (SSSR count). The molecule has 122 valence electrons. The number of carbonyl (C=O) groups excluding carboxylic acids is 1. The maximum atomic E-state index is 12.9. The highest BCUT2D eigenvalue weighted by molar-refractivity contribution is 5.95. The van der Waals surface area contributed by atoms with Gasteiger partial charge in [-0.3, -0.25) is 9.89 Å². The van der Waals surface area contributed by atoms with E-state index in [1.165, 1.54) is 12.0 Å². The number of nitrogens with zero attached hydrogens (tertiary/aromatic N) is 2. The molecule has 4 nitrogen and oxygen atoms in total. The van der Waals surface area contributed by atoms with Gasteiger partial charge in [-0.15, -0.1) is 0 Å². The van der Waals surface area contributed by atoms with Gasteiger partial charge in [-0.05, 0) is 44.1 Å². The number of H-pyrrole nitrogens is 1. The van der Waals surface area contributed by atoms with E-state index in [4.69, 9.17) is 0 Å². The molecule has 0 unspecified atom stereocenters. The van der Waals surface area contributed by atoms with Gasteiger partial charge < -0.3 is 4.90 Å². The summed E-state index contributed by atoms with van der Waals surface area (Å²) in [5.41, 5.74) is 3.05. The predicted molar refractivity (Wildman–Crippen MR) is 91.4 cm³/mol. The van der Waals surface area contributed by atoms with Gasteiger partial charge in [0.05, 0.1) is 11.8 Å². The van der Waals surface area contributed by atoms with Crippen molar-refractivity contribution in [3.63, 3.8) is 0 Å². The van der Waals surface area contributed by atoms with Crippen LogP contribution in [0.15, 0.2) is 36.5 Å². The molecule has 1 aliphatic rings. The molecule has 23 heavy (non-hydrogen) atoms. The van der Waals surface area contributed by atoms with Gasteiger partial charge in [-0.2, -0.15) is 5.10 Å². The van der Waals surface area contributed by atoms with Crippen molar-refractivity contribution in [1.29, 1.82) is 0 Å². The van der Waals surface area contributed by atoms with Crippen LogP contribution < -0.4 is 0 Å². The van der Waals surface area contributed by atoms with Crippen LogP contribution in [-0.4, -0.2) is 33.6 Å². The second kappa shape index (κ2) is 7.44. The fourth-order valence-electron chi connectivity index (χ4n) is 3.47. The summed E-state index contributed by atoms with van der Waals surface area (Å²) >= 11 is 0. The monoisotopic (exact) mass is 311 g/mol. The summed E-state index contributed by atoms with van der Waals surface area (Å²) in [5.74, 6) is 0.147. The number of amides is 1. The number of piperidine rings is 1. The van der Waals surface area contributed by atoms with E-state index in [2.05, 4.69) is 39.4 Å². The van der Waals surface area contributed by atoms with Crippen molar-refractivity contribution in [2.24, 2.45) is 0 Å². The van der Waals surface area contributed by atoms with Crippen molar-refractivity contribution < 1.29 is 4.79 Å². The van der Waals surface area contributed by atoms with Crippen molar-refractivity contribution in [2.45, 2.75) is 51.5 Å². The second-order valence-electron chi connectivity index (χ2n) is 6.29. The van der Waals surface area contributed by atoms with E-state index >= 15 is 0 Å². The first-order valence-electron chi connectivity index (χ1n) is 8.66. The lowest BCUT2D eigenvalue weighted by molar-refractivity contribution is 0.0601. The molecule has 1 saturated heterocycles. The van der Waals surface area contributed by atoms with Crippen LogP contribution in [0, 0.1) is 0 Å². The zero-order valence-electron chi connectivity index (χ0n) is 13.8. The van der Waals surface area contributed by atoms with E-state index in [1.807, 2.05) is 13.0 Å².